The Morgan fingerprint density at radius 3 is 2.32 bits per heavy atom. The molecule has 0 saturated carbocycles. The molecule has 0 atom stereocenters. The molecule has 0 fully saturated rings. The van der Waals surface area contributed by atoms with Gasteiger partial charge < -0.3 is 0 Å². The molecule has 3 rings (SSSR count). The largest absolute Gasteiger partial charge is 0.287 e. The van der Waals surface area contributed by atoms with E-state index < -0.39 is 10.0 Å². The second kappa shape index (κ2) is 4.36. The fourth-order valence-corrected chi connectivity index (χ4v) is 3.48. The highest BCUT2D eigenvalue weighted by Crippen LogP contribution is 2.37. The summed E-state index contributed by atoms with van der Waals surface area (Å²) in [4.78, 5) is 1.76. The van der Waals surface area contributed by atoms with Crippen molar-refractivity contribution in [2.75, 3.05) is 4.90 Å². The maximum absolute atomic E-state index is 12.0. The summed E-state index contributed by atoms with van der Waals surface area (Å²) in [5, 5.41) is -0.0788. The summed E-state index contributed by atoms with van der Waals surface area (Å²) in [6, 6.07) is 15.9. The van der Waals surface area contributed by atoms with Gasteiger partial charge in [-0.1, -0.05) is 30.3 Å². The van der Waals surface area contributed by atoms with E-state index in [-0.39, 0.29) is 10.2 Å². The van der Waals surface area contributed by atoms with Crippen molar-refractivity contribution in [2.24, 2.45) is 4.40 Å². The average Bonchev–Trinajstić information content (AvgIpc) is 2.39. The van der Waals surface area contributed by atoms with Crippen LogP contribution in [0.15, 0.2) is 63.9 Å². The molecule has 0 saturated heterocycles. The van der Waals surface area contributed by atoms with Gasteiger partial charge in [0, 0.05) is 5.69 Å². The number of para-hydroxylation sites is 2. The average molecular weight is 293 g/mol. The van der Waals surface area contributed by atoms with Gasteiger partial charge in [0.2, 0.25) is 5.29 Å². The lowest BCUT2D eigenvalue weighted by atomic mass is 10.2. The minimum atomic E-state index is -3.72. The van der Waals surface area contributed by atoms with Gasteiger partial charge in [-0.15, -0.1) is 4.40 Å². The van der Waals surface area contributed by atoms with Gasteiger partial charge in [-0.2, -0.15) is 8.42 Å². The maximum Gasteiger partial charge on any atom is 0.287 e. The lowest BCUT2D eigenvalue weighted by molar-refractivity contribution is 0.597. The Labute approximate surface area is 116 Å². The van der Waals surface area contributed by atoms with Crippen molar-refractivity contribution in [1.29, 1.82) is 0 Å². The number of anilines is 2. The van der Waals surface area contributed by atoms with Crippen LogP contribution < -0.4 is 4.90 Å². The highest BCUT2D eigenvalue weighted by atomic mass is 35.5. The van der Waals surface area contributed by atoms with Crippen LogP contribution in [0.5, 0.6) is 0 Å². The van der Waals surface area contributed by atoms with Gasteiger partial charge in [0.15, 0.2) is 0 Å². The minimum Gasteiger partial charge on any atom is -0.283 e. The van der Waals surface area contributed by atoms with E-state index in [1.54, 1.807) is 23.1 Å². The van der Waals surface area contributed by atoms with Crippen molar-refractivity contribution in [1.82, 2.24) is 0 Å². The van der Waals surface area contributed by atoms with Crippen molar-refractivity contribution in [2.45, 2.75) is 4.90 Å². The molecule has 0 unspecified atom stereocenters. The molecule has 1 heterocycles. The van der Waals surface area contributed by atoms with Crippen LogP contribution in [0.2, 0.25) is 0 Å². The Morgan fingerprint density at radius 1 is 0.947 bits per heavy atom. The van der Waals surface area contributed by atoms with Crippen LogP contribution in [0.4, 0.5) is 11.4 Å². The summed E-state index contributed by atoms with van der Waals surface area (Å²) in [5.74, 6) is 0. The summed E-state index contributed by atoms with van der Waals surface area (Å²) in [6.07, 6.45) is 0. The molecule has 0 aromatic heterocycles. The smallest absolute Gasteiger partial charge is 0.283 e. The first-order chi connectivity index (χ1) is 9.09. The van der Waals surface area contributed by atoms with Gasteiger partial charge in [-0.3, -0.25) is 4.90 Å². The number of sulfonamides is 1. The van der Waals surface area contributed by atoms with Gasteiger partial charge >= 0.3 is 0 Å². The van der Waals surface area contributed by atoms with Crippen molar-refractivity contribution < 1.29 is 8.42 Å². The molecule has 0 N–H and O–H groups in total. The molecule has 0 aliphatic carbocycles. The molecule has 0 bridgehead atoms. The zero-order chi connectivity index (χ0) is 13.5. The summed E-state index contributed by atoms with van der Waals surface area (Å²) < 4.78 is 27.5. The zero-order valence-electron chi connectivity index (χ0n) is 9.69. The van der Waals surface area contributed by atoms with Crippen molar-refractivity contribution >= 4 is 38.3 Å². The van der Waals surface area contributed by atoms with Gasteiger partial charge in [0.05, 0.1) is 5.69 Å². The molecule has 0 amide bonds. The molecule has 0 radical (unpaired) electrons. The van der Waals surface area contributed by atoms with E-state index in [1.807, 2.05) is 30.3 Å². The van der Waals surface area contributed by atoms with E-state index in [9.17, 15) is 8.42 Å². The van der Waals surface area contributed by atoms with Crippen LogP contribution in [0.1, 0.15) is 0 Å². The molecule has 1 aliphatic heterocycles. The highest BCUT2D eigenvalue weighted by molar-refractivity contribution is 7.90. The normalized spacial score (nSPS) is 16.7. The van der Waals surface area contributed by atoms with Crippen LogP contribution >= 0.6 is 11.6 Å². The third kappa shape index (κ3) is 2.01. The van der Waals surface area contributed by atoms with E-state index in [4.69, 9.17) is 11.6 Å². The Kier molecular flexibility index (Phi) is 2.80. The van der Waals surface area contributed by atoms with E-state index in [0.29, 0.717) is 5.69 Å². The second-order valence-corrected chi connectivity index (χ2v) is 5.88. The number of nitrogens with zero attached hydrogens (tertiary/aromatic N) is 2. The first-order valence-electron chi connectivity index (χ1n) is 5.54. The standard InChI is InChI=1S/C13H9ClN2O2S/c14-13-15-19(17,18)12-9-5-4-8-11(12)16(13)10-6-2-1-3-7-10/h1-9H. The number of hydrogen-bond acceptors (Lipinski definition) is 3. The number of amidine groups is 1. The predicted molar refractivity (Wildman–Crippen MR) is 75.5 cm³/mol. The topological polar surface area (TPSA) is 49.7 Å². The quantitative estimate of drug-likeness (QED) is 0.759. The monoisotopic (exact) mass is 292 g/mol. The first-order valence-corrected chi connectivity index (χ1v) is 7.36. The summed E-state index contributed by atoms with van der Waals surface area (Å²) in [6.45, 7) is 0. The summed E-state index contributed by atoms with van der Waals surface area (Å²) in [7, 11) is -3.72. The van der Waals surface area contributed by atoms with E-state index >= 15 is 0 Å². The van der Waals surface area contributed by atoms with Gasteiger partial charge in [-0.25, -0.2) is 0 Å². The highest BCUT2D eigenvalue weighted by Gasteiger charge is 2.30. The van der Waals surface area contributed by atoms with E-state index in [2.05, 4.69) is 4.40 Å². The Balaban J connectivity index is 2.28. The summed E-state index contributed by atoms with van der Waals surface area (Å²) >= 11 is 6.03. The van der Waals surface area contributed by atoms with E-state index in [0.717, 1.165) is 5.69 Å². The zero-order valence-corrected chi connectivity index (χ0v) is 11.3. The Hall–Kier alpha value is -1.85. The van der Waals surface area contributed by atoms with Crippen LogP contribution in [0.25, 0.3) is 0 Å². The van der Waals surface area contributed by atoms with Crippen molar-refractivity contribution in [3.63, 3.8) is 0 Å². The molecule has 6 heteroatoms. The Bertz CT molecular complexity index is 757. The van der Waals surface area contributed by atoms with Crippen LogP contribution in [-0.4, -0.2) is 13.7 Å². The fourth-order valence-electron chi connectivity index (χ4n) is 1.97. The molecule has 2 aromatic carbocycles. The number of rotatable bonds is 1. The van der Waals surface area contributed by atoms with Crippen LogP contribution in [0.3, 0.4) is 0 Å². The predicted octanol–water partition coefficient (Wildman–Crippen LogP) is 3.12. The SMILES string of the molecule is O=S1(=O)N=C(Cl)N(c2ccccc2)c2ccccc21. The maximum atomic E-state index is 12.0. The number of hydrogen-bond donors (Lipinski definition) is 0. The van der Waals surface area contributed by atoms with Crippen molar-refractivity contribution in [3.8, 4) is 0 Å². The molecule has 96 valence electrons. The third-order valence-corrected chi connectivity index (χ3v) is 4.45. The lowest BCUT2D eigenvalue weighted by Gasteiger charge is -2.27. The number of benzene rings is 2. The Morgan fingerprint density at radius 2 is 1.58 bits per heavy atom. The second-order valence-electron chi connectivity index (χ2n) is 3.97. The van der Waals surface area contributed by atoms with Gasteiger partial charge in [0.1, 0.15) is 4.90 Å². The molecule has 1 aliphatic rings. The molecular formula is C13H9ClN2O2S. The third-order valence-electron chi connectivity index (χ3n) is 2.78. The van der Waals surface area contributed by atoms with Gasteiger partial charge in [0.25, 0.3) is 10.0 Å². The van der Waals surface area contributed by atoms with Crippen molar-refractivity contribution in [3.05, 3.63) is 54.6 Å². The molecule has 2 aromatic rings. The lowest BCUT2D eigenvalue weighted by Crippen LogP contribution is -2.27. The molecule has 4 nitrogen and oxygen atoms in total. The number of fused-ring (bicyclic) bond motifs is 1. The summed E-state index contributed by atoms with van der Waals surface area (Å²) in [5.41, 5.74) is 1.27. The first kappa shape index (κ1) is 12.2. The number of halogens is 1. The van der Waals surface area contributed by atoms with Crippen LogP contribution in [-0.2, 0) is 10.0 Å². The molecular weight excluding hydrogens is 284 g/mol. The van der Waals surface area contributed by atoms with E-state index in [1.165, 1.54) is 6.07 Å². The van der Waals surface area contributed by atoms with Gasteiger partial charge in [-0.05, 0) is 35.9 Å². The molecule has 0 spiro atoms. The fraction of sp³-hybridized carbons (Fsp3) is 0. The van der Waals surface area contributed by atoms with Crippen LogP contribution in [0, 0.1) is 0 Å². The minimum absolute atomic E-state index is 0.0788. The molecule has 19 heavy (non-hydrogen) atoms.